The maximum Gasteiger partial charge on any atom is 0.240 e. The zero-order valence-electron chi connectivity index (χ0n) is 5.83. The fourth-order valence-electron chi connectivity index (χ4n) is 1.01. The number of H-pyrrole nitrogens is 2. The van der Waals surface area contributed by atoms with E-state index in [0.29, 0.717) is 5.69 Å². The van der Waals surface area contributed by atoms with Crippen molar-refractivity contribution in [3.63, 3.8) is 0 Å². The molecule has 0 saturated heterocycles. The normalized spacial score (nSPS) is 10.6. The molecule has 2 heterocycles. The molecule has 0 fully saturated rings. The van der Waals surface area contributed by atoms with E-state index in [1.807, 2.05) is 6.07 Å². The molecule has 0 aliphatic heterocycles. The summed E-state index contributed by atoms with van der Waals surface area (Å²) < 4.78 is 0. The third-order valence-corrected chi connectivity index (χ3v) is 1.58. The average molecular weight is 150 g/mol. The van der Waals surface area contributed by atoms with Gasteiger partial charge in [-0.25, -0.2) is 9.97 Å². The summed E-state index contributed by atoms with van der Waals surface area (Å²) in [5.74, 6) is 0. The van der Waals surface area contributed by atoms with Gasteiger partial charge in [-0.2, -0.15) is 0 Å². The van der Waals surface area contributed by atoms with Crippen molar-refractivity contribution < 1.29 is 10.1 Å². The summed E-state index contributed by atoms with van der Waals surface area (Å²) in [6, 6.07) is 1.81. The standard InChI is InChI=1S/C7H7N3O/c11-3-5-1-6-7(2-8-5)10-4-9-6/h1-2,4,11H,3H2,(H,9,10)/p+1. The highest BCUT2D eigenvalue weighted by molar-refractivity contribution is 5.69. The summed E-state index contributed by atoms with van der Waals surface area (Å²) in [6.07, 6.45) is 3.42. The summed E-state index contributed by atoms with van der Waals surface area (Å²) in [4.78, 5) is 9.96. The van der Waals surface area contributed by atoms with Crippen LogP contribution in [0.15, 0.2) is 18.6 Å². The van der Waals surface area contributed by atoms with Gasteiger partial charge < -0.3 is 5.11 Å². The lowest BCUT2D eigenvalue weighted by Crippen LogP contribution is -1.96. The van der Waals surface area contributed by atoms with Crippen molar-refractivity contribution in [1.82, 2.24) is 9.97 Å². The van der Waals surface area contributed by atoms with E-state index in [4.69, 9.17) is 5.11 Å². The van der Waals surface area contributed by atoms with Crippen LogP contribution in [0.3, 0.4) is 0 Å². The molecule has 3 N–H and O–H groups in total. The van der Waals surface area contributed by atoms with Crippen molar-refractivity contribution in [2.45, 2.75) is 6.61 Å². The number of rotatable bonds is 1. The van der Waals surface area contributed by atoms with Crippen molar-refractivity contribution in [1.29, 1.82) is 0 Å². The summed E-state index contributed by atoms with van der Waals surface area (Å²) in [5, 5.41) is 8.75. The van der Waals surface area contributed by atoms with Gasteiger partial charge >= 0.3 is 0 Å². The van der Waals surface area contributed by atoms with Gasteiger partial charge in [0.05, 0.1) is 18.5 Å². The number of aliphatic hydroxyl groups is 1. The molecule has 0 aliphatic rings. The minimum absolute atomic E-state index is 0.0189. The lowest BCUT2D eigenvalue weighted by atomic mass is 10.3. The topological polar surface area (TPSA) is 63.1 Å². The van der Waals surface area contributed by atoms with Crippen molar-refractivity contribution in [2.24, 2.45) is 0 Å². The quantitative estimate of drug-likeness (QED) is 0.594. The summed E-state index contributed by atoms with van der Waals surface area (Å²) in [6.45, 7) is -0.0189. The second-order valence-electron chi connectivity index (χ2n) is 2.31. The molecule has 0 atom stereocenters. The number of hydrogen-bond acceptors (Lipinski definition) is 2. The highest BCUT2D eigenvalue weighted by atomic mass is 16.3. The molecule has 0 aromatic carbocycles. The molecule has 56 valence electrons. The Labute approximate surface area is 62.9 Å². The van der Waals surface area contributed by atoms with Gasteiger partial charge in [-0.15, -0.1) is 0 Å². The zero-order chi connectivity index (χ0) is 7.68. The minimum Gasteiger partial charge on any atom is -0.390 e. The lowest BCUT2D eigenvalue weighted by molar-refractivity contribution is -0.344. The van der Waals surface area contributed by atoms with Gasteiger partial charge in [0, 0.05) is 6.07 Å². The van der Waals surface area contributed by atoms with Crippen LogP contribution < -0.4 is 4.98 Å². The Hall–Kier alpha value is -1.42. The Morgan fingerprint density at radius 1 is 1.64 bits per heavy atom. The smallest absolute Gasteiger partial charge is 0.240 e. The second-order valence-corrected chi connectivity index (χ2v) is 2.31. The summed E-state index contributed by atoms with van der Waals surface area (Å²) >= 11 is 0. The molecule has 0 radical (unpaired) electrons. The van der Waals surface area contributed by atoms with Crippen LogP contribution in [0.25, 0.3) is 11.0 Å². The van der Waals surface area contributed by atoms with Crippen LogP contribution in [0.2, 0.25) is 0 Å². The third kappa shape index (κ3) is 0.969. The Balaban J connectivity index is 2.67. The lowest BCUT2D eigenvalue weighted by Gasteiger charge is -1.89. The largest absolute Gasteiger partial charge is 0.390 e. The van der Waals surface area contributed by atoms with E-state index in [9.17, 15) is 0 Å². The molecule has 0 unspecified atom stereocenters. The van der Waals surface area contributed by atoms with Crippen LogP contribution in [-0.4, -0.2) is 15.1 Å². The zero-order valence-corrected chi connectivity index (χ0v) is 5.83. The van der Waals surface area contributed by atoms with E-state index in [2.05, 4.69) is 15.0 Å². The van der Waals surface area contributed by atoms with E-state index < -0.39 is 0 Å². The van der Waals surface area contributed by atoms with E-state index in [0.717, 1.165) is 11.0 Å². The Bertz CT molecular complexity index is 368. The van der Waals surface area contributed by atoms with Crippen LogP contribution in [-0.2, 0) is 6.61 Å². The van der Waals surface area contributed by atoms with Crippen LogP contribution in [0.4, 0.5) is 0 Å². The van der Waals surface area contributed by atoms with Crippen LogP contribution in [0, 0.1) is 0 Å². The van der Waals surface area contributed by atoms with E-state index in [1.165, 1.54) is 0 Å². The molecule has 4 nitrogen and oxygen atoms in total. The number of fused-ring (bicyclic) bond motifs is 1. The molecule has 0 aliphatic carbocycles. The molecule has 2 rings (SSSR count). The first kappa shape index (κ1) is 6.30. The summed E-state index contributed by atoms with van der Waals surface area (Å²) in [5.41, 5.74) is 2.58. The number of aromatic nitrogens is 3. The second kappa shape index (κ2) is 2.32. The van der Waals surface area contributed by atoms with Gasteiger partial charge in [0.2, 0.25) is 6.33 Å². The molecule has 4 heteroatoms. The number of nitrogens with one attached hydrogen (secondary N) is 2. The number of hydrogen-bond donors (Lipinski definition) is 2. The molecule has 0 bridgehead atoms. The molecule has 2 aromatic rings. The molecule has 0 amide bonds. The molecular formula is C7H8N3O+. The van der Waals surface area contributed by atoms with Crippen molar-refractivity contribution in [3.8, 4) is 0 Å². The molecule has 11 heavy (non-hydrogen) atoms. The first-order valence-electron chi connectivity index (χ1n) is 3.34. The van der Waals surface area contributed by atoms with Crippen molar-refractivity contribution >= 4 is 11.0 Å². The predicted molar refractivity (Wildman–Crippen MR) is 38.6 cm³/mol. The van der Waals surface area contributed by atoms with Gasteiger partial charge in [0.1, 0.15) is 0 Å². The number of imidazole rings is 1. The van der Waals surface area contributed by atoms with Gasteiger partial charge in [-0.3, -0.25) is 4.98 Å². The fourth-order valence-corrected chi connectivity index (χ4v) is 1.01. The van der Waals surface area contributed by atoms with Crippen LogP contribution in [0.1, 0.15) is 5.69 Å². The first-order valence-corrected chi connectivity index (χ1v) is 3.34. The predicted octanol–water partition coefficient (Wildman–Crippen LogP) is -0.131. The number of aromatic amines is 2. The molecule has 0 spiro atoms. The molecule has 2 aromatic heterocycles. The van der Waals surface area contributed by atoms with Crippen LogP contribution in [0.5, 0.6) is 0 Å². The highest BCUT2D eigenvalue weighted by Crippen LogP contribution is 2.04. The molecular weight excluding hydrogens is 142 g/mol. The summed E-state index contributed by atoms with van der Waals surface area (Å²) in [7, 11) is 0. The number of aliphatic hydroxyl groups excluding tert-OH is 1. The van der Waals surface area contributed by atoms with Crippen molar-refractivity contribution in [3.05, 3.63) is 24.3 Å². The maximum absolute atomic E-state index is 8.75. The maximum atomic E-state index is 8.75. The van der Waals surface area contributed by atoms with Gasteiger partial charge in [-0.05, 0) is 0 Å². The van der Waals surface area contributed by atoms with E-state index in [1.54, 1.807) is 12.5 Å². The fraction of sp³-hybridized carbons (Fsp3) is 0.143. The SMILES string of the molecule is OCc1cc2[nH+]c[nH]c2cn1. The number of pyridine rings is 1. The van der Waals surface area contributed by atoms with E-state index in [-0.39, 0.29) is 6.61 Å². The Morgan fingerprint density at radius 2 is 2.55 bits per heavy atom. The Kier molecular flexibility index (Phi) is 1.33. The van der Waals surface area contributed by atoms with E-state index >= 15 is 0 Å². The first-order chi connectivity index (χ1) is 5.40. The monoisotopic (exact) mass is 150 g/mol. The van der Waals surface area contributed by atoms with Crippen molar-refractivity contribution in [2.75, 3.05) is 0 Å². The number of nitrogens with zero attached hydrogens (tertiary/aromatic N) is 1. The van der Waals surface area contributed by atoms with Gasteiger partial charge in [0.15, 0.2) is 11.0 Å². The highest BCUT2D eigenvalue weighted by Gasteiger charge is 2.02. The molecule has 0 saturated carbocycles. The van der Waals surface area contributed by atoms with Gasteiger partial charge in [-0.1, -0.05) is 0 Å². The minimum atomic E-state index is -0.0189. The Morgan fingerprint density at radius 3 is 3.36 bits per heavy atom. The average Bonchev–Trinajstić information content (AvgIpc) is 2.50. The van der Waals surface area contributed by atoms with Gasteiger partial charge in [0.25, 0.3) is 0 Å². The third-order valence-electron chi connectivity index (χ3n) is 1.58. The van der Waals surface area contributed by atoms with Crippen LogP contribution >= 0.6 is 0 Å².